The van der Waals surface area contributed by atoms with Gasteiger partial charge < -0.3 is 5.11 Å². The quantitative estimate of drug-likeness (QED) is 0.777. The van der Waals surface area contributed by atoms with E-state index in [4.69, 9.17) is 5.10 Å². The van der Waals surface area contributed by atoms with Crippen molar-refractivity contribution in [3.8, 4) is 11.3 Å². The molecular weight excluding hydrogens is 336 g/mol. The van der Waals surface area contributed by atoms with Crippen LogP contribution in [0.3, 0.4) is 0 Å². The Morgan fingerprint density at radius 1 is 1.15 bits per heavy atom. The van der Waals surface area contributed by atoms with Crippen LogP contribution in [0.2, 0.25) is 0 Å². The maximum absolute atomic E-state index is 10.2. The zero-order chi connectivity index (χ0) is 18.6. The van der Waals surface area contributed by atoms with Crippen LogP contribution in [0.15, 0.2) is 42.6 Å². The van der Waals surface area contributed by atoms with Gasteiger partial charge in [-0.2, -0.15) is 5.10 Å². The number of likely N-dealkylation sites (tertiary alicyclic amines) is 1. The summed E-state index contributed by atoms with van der Waals surface area (Å²) in [4.78, 5) is 7.00. The molecule has 1 atom stereocenters. The Hall–Kier alpha value is -2.24. The third-order valence-electron chi connectivity index (χ3n) is 6.06. The van der Waals surface area contributed by atoms with Gasteiger partial charge in [0.25, 0.3) is 0 Å². The number of benzene rings is 1. The summed E-state index contributed by atoms with van der Waals surface area (Å²) in [5, 5.41) is 16.2. The zero-order valence-electron chi connectivity index (χ0n) is 16.0. The second kappa shape index (κ2) is 5.88. The summed E-state index contributed by atoms with van der Waals surface area (Å²) >= 11 is 0. The zero-order valence-corrected chi connectivity index (χ0v) is 16.0. The lowest BCUT2D eigenvalue weighted by Crippen LogP contribution is -2.39. The van der Waals surface area contributed by atoms with Crippen molar-refractivity contribution in [1.82, 2.24) is 19.7 Å². The number of aliphatic hydroxyl groups is 1. The van der Waals surface area contributed by atoms with Crippen LogP contribution in [0.5, 0.6) is 0 Å². The van der Waals surface area contributed by atoms with E-state index in [0.29, 0.717) is 0 Å². The number of hydrogen-bond acceptors (Lipinski definition) is 4. The van der Waals surface area contributed by atoms with Gasteiger partial charge in [-0.25, -0.2) is 0 Å². The van der Waals surface area contributed by atoms with Crippen LogP contribution in [0, 0.1) is 0 Å². The summed E-state index contributed by atoms with van der Waals surface area (Å²) < 4.78 is 2.19. The van der Waals surface area contributed by atoms with E-state index in [2.05, 4.69) is 32.8 Å². The average Bonchev–Trinajstić information content (AvgIpc) is 3.30. The van der Waals surface area contributed by atoms with Crippen LogP contribution in [0.1, 0.15) is 32.4 Å². The number of para-hydroxylation sites is 1. The van der Waals surface area contributed by atoms with Crippen molar-refractivity contribution >= 4 is 10.9 Å². The second-order valence-electron chi connectivity index (χ2n) is 8.86. The first kappa shape index (κ1) is 16.9. The van der Waals surface area contributed by atoms with E-state index in [-0.39, 0.29) is 5.41 Å². The van der Waals surface area contributed by atoms with Gasteiger partial charge in [0.05, 0.1) is 16.8 Å². The van der Waals surface area contributed by atoms with Crippen LogP contribution < -0.4 is 0 Å². The topological polar surface area (TPSA) is 54.2 Å². The van der Waals surface area contributed by atoms with E-state index >= 15 is 0 Å². The summed E-state index contributed by atoms with van der Waals surface area (Å²) in [6.07, 6.45) is 4.22. The number of aromatic nitrogens is 3. The molecule has 27 heavy (non-hydrogen) atoms. The predicted octanol–water partition coefficient (Wildman–Crippen LogP) is 3.22. The first-order valence-corrected chi connectivity index (χ1v) is 9.80. The van der Waals surface area contributed by atoms with Gasteiger partial charge in [0.15, 0.2) is 0 Å². The molecule has 4 heterocycles. The lowest BCUT2D eigenvalue weighted by atomic mass is 9.82. The molecule has 5 rings (SSSR count). The van der Waals surface area contributed by atoms with Crippen LogP contribution in [0.25, 0.3) is 22.2 Å². The van der Waals surface area contributed by atoms with E-state index < -0.39 is 5.60 Å². The van der Waals surface area contributed by atoms with E-state index in [0.717, 1.165) is 61.2 Å². The number of aryl methyl sites for hydroxylation is 1. The smallest absolute Gasteiger partial charge is 0.0941 e. The highest BCUT2D eigenvalue weighted by Crippen LogP contribution is 2.44. The molecule has 140 valence electrons. The third kappa shape index (κ3) is 2.95. The number of fused-ring (bicyclic) bond motifs is 3. The standard InChI is InChI=1S/C22H26N4O/c1-21(2,27)14-25-9-7-22(15-25)8-10-26-20(22)12-19(24-26)17-11-16-5-3-4-6-18(16)23-13-17/h3-6,11-13,27H,7-10,14-15H2,1-2H3. The Morgan fingerprint density at radius 2 is 1.96 bits per heavy atom. The lowest BCUT2D eigenvalue weighted by Gasteiger charge is -2.27. The SMILES string of the molecule is CC(C)(O)CN1CCC2(CCn3nc(-c4cnc5ccccc5c4)cc32)C1. The van der Waals surface area contributed by atoms with Crippen molar-refractivity contribution in [1.29, 1.82) is 0 Å². The normalized spacial score (nSPS) is 22.8. The predicted molar refractivity (Wildman–Crippen MR) is 107 cm³/mol. The fourth-order valence-electron chi connectivity index (χ4n) is 4.87. The molecule has 2 aliphatic rings. The third-order valence-corrected chi connectivity index (χ3v) is 6.06. The molecule has 5 nitrogen and oxygen atoms in total. The molecule has 0 amide bonds. The van der Waals surface area contributed by atoms with Gasteiger partial charge in [-0.05, 0) is 51.4 Å². The van der Waals surface area contributed by atoms with Gasteiger partial charge in [0.1, 0.15) is 0 Å². The van der Waals surface area contributed by atoms with E-state index in [9.17, 15) is 5.11 Å². The van der Waals surface area contributed by atoms with Gasteiger partial charge in [0, 0.05) is 47.9 Å². The molecule has 1 aromatic carbocycles. The highest BCUT2D eigenvalue weighted by molar-refractivity contribution is 5.82. The number of pyridine rings is 1. The van der Waals surface area contributed by atoms with Crippen LogP contribution in [-0.4, -0.2) is 50.0 Å². The van der Waals surface area contributed by atoms with Gasteiger partial charge in [0.2, 0.25) is 0 Å². The van der Waals surface area contributed by atoms with Crippen molar-refractivity contribution in [2.45, 2.75) is 44.2 Å². The molecule has 3 aromatic rings. The Bertz CT molecular complexity index is 1000. The highest BCUT2D eigenvalue weighted by Gasteiger charge is 2.46. The maximum Gasteiger partial charge on any atom is 0.0941 e. The lowest BCUT2D eigenvalue weighted by molar-refractivity contribution is 0.0421. The number of hydrogen-bond donors (Lipinski definition) is 1. The van der Waals surface area contributed by atoms with Crippen molar-refractivity contribution in [2.24, 2.45) is 0 Å². The molecule has 5 heteroatoms. The molecule has 1 fully saturated rings. The van der Waals surface area contributed by atoms with E-state index in [1.807, 2.05) is 38.2 Å². The first-order valence-electron chi connectivity index (χ1n) is 9.80. The Morgan fingerprint density at radius 3 is 2.81 bits per heavy atom. The minimum Gasteiger partial charge on any atom is -0.389 e. The molecule has 0 radical (unpaired) electrons. The number of β-amino-alcohol motifs (C(OH)–C–C–N with tert-alkyl or cyclic N) is 1. The van der Waals surface area contributed by atoms with Crippen molar-refractivity contribution in [2.75, 3.05) is 19.6 Å². The molecular formula is C22H26N4O. The molecule has 0 saturated carbocycles. The molecule has 2 aromatic heterocycles. The monoisotopic (exact) mass is 362 g/mol. The number of nitrogens with zero attached hydrogens (tertiary/aromatic N) is 4. The Balaban J connectivity index is 1.46. The van der Waals surface area contributed by atoms with Gasteiger partial charge in [-0.1, -0.05) is 18.2 Å². The summed E-state index contributed by atoms with van der Waals surface area (Å²) in [7, 11) is 0. The van der Waals surface area contributed by atoms with E-state index in [1.165, 1.54) is 5.69 Å². The fourth-order valence-corrected chi connectivity index (χ4v) is 4.87. The minimum absolute atomic E-state index is 0.181. The highest BCUT2D eigenvalue weighted by atomic mass is 16.3. The van der Waals surface area contributed by atoms with Crippen molar-refractivity contribution in [3.05, 3.63) is 48.3 Å². The molecule has 0 aliphatic carbocycles. The second-order valence-corrected chi connectivity index (χ2v) is 8.86. The van der Waals surface area contributed by atoms with Gasteiger partial charge >= 0.3 is 0 Å². The average molecular weight is 362 g/mol. The van der Waals surface area contributed by atoms with E-state index in [1.54, 1.807) is 0 Å². The number of rotatable bonds is 3. The first-order chi connectivity index (χ1) is 12.9. The maximum atomic E-state index is 10.2. The van der Waals surface area contributed by atoms with Crippen LogP contribution in [-0.2, 0) is 12.0 Å². The summed E-state index contributed by atoms with van der Waals surface area (Å²) in [6, 6.07) is 12.7. The Labute approximate surface area is 159 Å². The summed E-state index contributed by atoms with van der Waals surface area (Å²) in [5.74, 6) is 0. The minimum atomic E-state index is -0.647. The molecule has 2 aliphatic heterocycles. The van der Waals surface area contributed by atoms with Crippen molar-refractivity contribution < 1.29 is 5.11 Å². The van der Waals surface area contributed by atoms with Crippen LogP contribution in [0.4, 0.5) is 0 Å². The molecule has 1 unspecified atom stereocenters. The van der Waals surface area contributed by atoms with Gasteiger partial charge in [-0.15, -0.1) is 0 Å². The fraction of sp³-hybridized carbons (Fsp3) is 0.455. The molecule has 0 bridgehead atoms. The molecule has 1 spiro atoms. The Kier molecular flexibility index (Phi) is 3.68. The van der Waals surface area contributed by atoms with Crippen molar-refractivity contribution in [3.63, 3.8) is 0 Å². The molecule has 1 N–H and O–H groups in total. The van der Waals surface area contributed by atoms with Crippen LogP contribution >= 0.6 is 0 Å². The summed E-state index contributed by atoms with van der Waals surface area (Å²) in [6.45, 7) is 7.54. The van der Waals surface area contributed by atoms with Gasteiger partial charge in [-0.3, -0.25) is 14.6 Å². The largest absolute Gasteiger partial charge is 0.389 e. The summed E-state index contributed by atoms with van der Waals surface area (Å²) in [5.41, 5.74) is 4.00. The molecule has 1 saturated heterocycles.